The second-order valence-electron chi connectivity index (χ2n) is 1.30. The molecule has 1 amide bonds. The van der Waals surface area contributed by atoms with E-state index in [1.165, 1.54) is 0 Å². The summed E-state index contributed by atoms with van der Waals surface area (Å²) in [6, 6.07) is 0. The summed E-state index contributed by atoms with van der Waals surface area (Å²) in [5.74, 6) is 0. The first-order chi connectivity index (χ1) is 4.54. The maximum atomic E-state index is 9.94. The van der Waals surface area contributed by atoms with Gasteiger partial charge in [0.05, 0.1) is 0 Å². The Balaban J connectivity index is 3.89. The van der Waals surface area contributed by atoms with Gasteiger partial charge in [-0.25, -0.2) is 14.0 Å². The van der Waals surface area contributed by atoms with Gasteiger partial charge in [0.25, 0.3) is 0 Å². The quantitative estimate of drug-likeness (QED) is 0.256. The lowest BCUT2D eigenvalue weighted by molar-refractivity contribution is 0.158. The van der Waals surface area contributed by atoms with Crippen molar-refractivity contribution in [3.8, 4) is 0 Å². The van der Waals surface area contributed by atoms with Crippen molar-refractivity contribution in [1.29, 1.82) is 0 Å². The molecule has 1 unspecified atom stereocenters. The summed E-state index contributed by atoms with van der Waals surface area (Å²) in [7, 11) is 1.14. The summed E-state index contributed by atoms with van der Waals surface area (Å²) in [6.07, 6.45) is -1.29. The first-order valence-electron chi connectivity index (χ1n) is 2.14. The molecule has 7 heteroatoms. The van der Waals surface area contributed by atoms with Gasteiger partial charge >= 0.3 is 6.09 Å². The molecular formula is C3H6N2O4S. The Bertz CT molecular complexity index is 179. The highest BCUT2D eigenvalue weighted by Gasteiger charge is 2.00. The van der Waals surface area contributed by atoms with E-state index in [-0.39, 0.29) is 0 Å². The van der Waals surface area contributed by atoms with E-state index in [0.717, 1.165) is 7.05 Å². The second kappa shape index (κ2) is 3.96. The fourth-order valence-electron chi connectivity index (χ4n) is 0.160. The van der Waals surface area contributed by atoms with Crippen molar-refractivity contribution in [1.82, 2.24) is 5.01 Å². The largest absolute Gasteiger partial charge is 0.464 e. The molecule has 0 rings (SSSR count). The van der Waals surface area contributed by atoms with E-state index in [2.05, 4.69) is 5.10 Å². The van der Waals surface area contributed by atoms with E-state index in [1.807, 2.05) is 0 Å². The molecule has 0 aliphatic heterocycles. The Kier molecular flexibility index (Phi) is 3.59. The number of hydrogen-bond donors (Lipinski definition) is 2. The van der Waals surface area contributed by atoms with Gasteiger partial charge < -0.3 is 9.66 Å². The third-order valence-corrected chi connectivity index (χ3v) is 0.862. The van der Waals surface area contributed by atoms with E-state index in [4.69, 9.17) is 9.66 Å². The molecule has 0 spiro atoms. The predicted octanol–water partition coefficient (Wildman–Crippen LogP) is -0.239. The van der Waals surface area contributed by atoms with E-state index < -0.39 is 17.2 Å². The van der Waals surface area contributed by atoms with Crippen molar-refractivity contribution in [2.24, 2.45) is 5.10 Å². The fraction of sp³-hybridized carbons (Fsp3) is 0.333. The van der Waals surface area contributed by atoms with Crippen LogP contribution < -0.4 is 0 Å². The highest BCUT2D eigenvalue weighted by atomic mass is 32.2. The summed E-state index contributed by atoms with van der Waals surface area (Å²) in [4.78, 5) is 9.94. The van der Waals surface area contributed by atoms with Crippen LogP contribution >= 0.6 is 0 Å². The topological polar surface area (TPSA) is 90.2 Å². The van der Waals surface area contributed by atoms with Gasteiger partial charge in [-0.1, -0.05) is 0 Å². The molecule has 0 aliphatic carbocycles. The molecule has 0 fully saturated rings. The molecule has 0 heterocycles. The van der Waals surface area contributed by atoms with Crippen LogP contribution in [0, 0.1) is 0 Å². The number of nitrogens with zero attached hydrogens (tertiary/aromatic N) is 2. The third-order valence-electron chi connectivity index (χ3n) is 0.587. The molecule has 58 valence electrons. The van der Waals surface area contributed by atoms with Gasteiger partial charge in [-0.15, -0.1) is 0 Å². The molecule has 0 aromatic rings. The van der Waals surface area contributed by atoms with Crippen LogP contribution in [0.3, 0.4) is 0 Å². The molecule has 10 heavy (non-hydrogen) atoms. The monoisotopic (exact) mass is 166 g/mol. The molecule has 0 radical (unpaired) electrons. The number of carboxylic acid groups (broad SMARTS) is 1. The lowest BCUT2D eigenvalue weighted by Gasteiger charge is -2.01. The smallest absolute Gasteiger partial charge is 0.427 e. The Morgan fingerprint density at radius 3 is 2.60 bits per heavy atom. The highest BCUT2D eigenvalue weighted by Crippen LogP contribution is 1.82. The zero-order valence-corrected chi connectivity index (χ0v) is 5.91. The summed E-state index contributed by atoms with van der Waals surface area (Å²) < 4.78 is 18.0. The zero-order chi connectivity index (χ0) is 8.15. The zero-order valence-electron chi connectivity index (χ0n) is 5.09. The molecule has 2 N–H and O–H groups in total. The first kappa shape index (κ1) is 9.05. The first-order valence-corrected chi connectivity index (χ1v) is 3.31. The minimum absolute atomic E-state index is 0.522. The second-order valence-corrected chi connectivity index (χ2v) is 2.07. The average molecular weight is 166 g/mol. The van der Waals surface area contributed by atoms with E-state index in [1.54, 1.807) is 0 Å². The lowest BCUT2D eigenvalue weighted by atomic mass is 11.0. The summed E-state index contributed by atoms with van der Waals surface area (Å²) in [5, 5.41) is 11.7. The number of carbonyl (C=O) groups is 1. The van der Waals surface area contributed by atoms with Crippen molar-refractivity contribution in [3.05, 3.63) is 0 Å². The van der Waals surface area contributed by atoms with Crippen LogP contribution in [0.15, 0.2) is 5.10 Å². The lowest BCUT2D eigenvalue weighted by Crippen LogP contribution is -2.18. The molecule has 0 aliphatic rings. The molecule has 0 saturated carbocycles. The van der Waals surface area contributed by atoms with Crippen molar-refractivity contribution >= 4 is 22.7 Å². The van der Waals surface area contributed by atoms with Gasteiger partial charge in [0.1, 0.15) is 5.55 Å². The molecular weight excluding hydrogens is 160 g/mol. The summed E-state index contributed by atoms with van der Waals surface area (Å²) in [5.41, 5.74) is 0.605. The molecule has 0 bridgehead atoms. The Morgan fingerprint density at radius 1 is 1.80 bits per heavy atom. The number of amides is 1. The molecule has 0 aromatic heterocycles. The Hall–Kier alpha value is -0.950. The SMILES string of the molecule is CN(/N=C/S(=O)O)C(=O)O. The van der Waals surface area contributed by atoms with Gasteiger partial charge in [0.15, 0.2) is 11.1 Å². The minimum atomic E-state index is -2.20. The normalized spacial score (nSPS) is 13.4. The summed E-state index contributed by atoms with van der Waals surface area (Å²) >= 11 is -2.20. The van der Waals surface area contributed by atoms with Crippen molar-refractivity contribution in [3.63, 3.8) is 0 Å². The van der Waals surface area contributed by atoms with Gasteiger partial charge in [-0.3, -0.25) is 0 Å². The molecule has 0 aromatic carbocycles. The molecule has 1 atom stereocenters. The van der Waals surface area contributed by atoms with Crippen LogP contribution in [0.1, 0.15) is 0 Å². The van der Waals surface area contributed by atoms with E-state index in [9.17, 15) is 9.00 Å². The van der Waals surface area contributed by atoms with Gasteiger partial charge in [-0.2, -0.15) is 5.10 Å². The third kappa shape index (κ3) is 3.98. The molecule has 6 nitrogen and oxygen atoms in total. The Morgan fingerprint density at radius 2 is 2.30 bits per heavy atom. The number of rotatable bonds is 2. The van der Waals surface area contributed by atoms with Gasteiger partial charge in [0, 0.05) is 7.05 Å². The predicted molar refractivity (Wildman–Crippen MR) is 35.1 cm³/mol. The number of hydrazone groups is 1. The average Bonchev–Trinajstić information content (AvgIpc) is 1.82. The van der Waals surface area contributed by atoms with Crippen LogP contribution in [0.25, 0.3) is 0 Å². The maximum Gasteiger partial charge on any atom is 0.427 e. The van der Waals surface area contributed by atoms with Crippen molar-refractivity contribution < 1.29 is 18.7 Å². The molecule has 0 saturated heterocycles. The van der Waals surface area contributed by atoms with Gasteiger partial charge in [0.2, 0.25) is 0 Å². The van der Waals surface area contributed by atoms with Crippen LogP contribution in [-0.2, 0) is 11.1 Å². The van der Waals surface area contributed by atoms with E-state index >= 15 is 0 Å². The Labute approximate surface area is 59.4 Å². The fourth-order valence-corrected chi connectivity index (χ4v) is 0.383. The minimum Gasteiger partial charge on any atom is -0.464 e. The highest BCUT2D eigenvalue weighted by molar-refractivity contribution is 7.93. The number of hydrogen-bond acceptors (Lipinski definition) is 3. The van der Waals surface area contributed by atoms with Crippen molar-refractivity contribution in [2.45, 2.75) is 0 Å². The van der Waals surface area contributed by atoms with Crippen LogP contribution in [-0.4, -0.2) is 37.6 Å². The van der Waals surface area contributed by atoms with Gasteiger partial charge in [-0.05, 0) is 0 Å². The van der Waals surface area contributed by atoms with Crippen LogP contribution in [0.4, 0.5) is 4.79 Å². The van der Waals surface area contributed by atoms with Crippen LogP contribution in [0.2, 0.25) is 0 Å². The standard InChI is InChI=1S/C3H6N2O4S/c1-5(3(6)7)4-2-10(8)9/h2H,1H3,(H,6,7)(H,8,9)/b4-2+. The van der Waals surface area contributed by atoms with Crippen molar-refractivity contribution in [2.75, 3.05) is 7.05 Å². The van der Waals surface area contributed by atoms with Crippen LogP contribution in [0.5, 0.6) is 0 Å². The maximum absolute atomic E-state index is 9.94. The van der Waals surface area contributed by atoms with E-state index in [0.29, 0.717) is 10.6 Å². The summed E-state index contributed by atoms with van der Waals surface area (Å²) in [6.45, 7) is 0.